The summed E-state index contributed by atoms with van der Waals surface area (Å²) in [6, 6.07) is 3.76. The number of nitrogens with zero attached hydrogens (tertiary/aromatic N) is 4. The van der Waals surface area contributed by atoms with Crippen LogP contribution in [0.1, 0.15) is 11.3 Å². The van der Waals surface area contributed by atoms with E-state index < -0.39 is 0 Å². The first-order chi connectivity index (χ1) is 8.34. The van der Waals surface area contributed by atoms with Gasteiger partial charge < -0.3 is 9.73 Å². The van der Waals surface area contributed by atoms with Gasteiger partial charge in [0.15, 0.2) is 5.65 Å². The van der Waals surface area contributed by atoms with Crippen molar-refractivity contribution in [3.8, 4) is 0 Å². The van der Waals surface area contributed by atoms with Crippen LogP contribution in [0.25, 0.3) is 5.65 Å². The van der Waals surface area contributed by atoms with Crippen molar-refractivity contribution in [1.82, 2.24) is 19.6 Å². The molecular weight excluding hydrogens is 218 g/mol. The third-order valence-corrected chi connectivity index (χ3v) is 2.51. The normalized spacial score (nSPS) is 10.9. The Morgan fingerprint density at radius 3 is 3.24 bits per heavy atom. The van der Waals surface area contributed by atoms with E-state index in [1.165, 1.54) is 0 Å². The molecule has 6 nitrogen and oxygen atoms in total. The average molecular weight is 229 g/mol. The van der Waals surface area contributed by atoms with E-state index in [0.29, 0.717) is 12.5 Å². The Hall–Kier alpha value is -2.37. The maximum absolute atomic E-state index is 5.24. The predicted octanol–water partition coefficient (Wildman–Crippen LogP) is 1.64. The van der Waals surface area contributed by atoms with Gasteiger partial charge in [-0.15, -0.1) is 10.2 Å². The summed E-state index contributed by atoms with van der Waals surface area (Å²) in [4.78, 5) is 4.31. The van der Waals surface area contributed by atoms with Crippen molar-refractivity contribution in [2.24, 2.45) is 0 Å². The molecule has 0 unspecified atom stereocenters. The molecule has 6 heteroatoms. The van der Waals surface area contributed by atoms with Crippen LogP contribution in [0.5, 0.6) is 0 Å². The van der Waals surface area contributed by atoms with Crippen molar-refractivity contribution in [3.05, 3.63) is 42.2 Å². The minimum Gasteiger partial charge on any atom is -0.467 e. The molecule has 0 aromatic carbocycles. The van der Waals surface area contributed by atoms with Crippen molar-refractivity contribution in [2.45, 2.75) is 13.5 Å². The van der Waals surface area contributed by atoms with E-state index in [9.17, 15) is 0 Å². The number of fused-ring (bicyclic) bond motifs is 1. The number of aromatic nitrogens is 4. The lowest BCUT2D eigenvalue weighted by Gasteiger charge is -2.06. The monoisotopic (exact) mass is 229 g/mol. The molecule has 0 aliphatic rings. The molecule has 0 saturated heterocycles. The first-order valence-corrected chi connectivity index (χ1v) is 5.26. The summed E-state index contributed by atoms with van der Waals surface area (Å²) in [5, 5.41) is 11.1. The van der Waals surface area contributed by atoms with E-state index in [1.54, 1.807) is 18.8 Å². The number of hydrogen-bond acceptors (Lipinski definition) is 5. The summed E-state index contributed by atoms with van der Waals surface area (Å²) >= 11 is 0. The molecule has 0 aliphatic carbocycles. The van der Waals surface area contributed by atoms with Crippen LogP contribution in [0.4, 0.5) is 5.95 Å². The van der Waals surface area contributed by atoms with Gasteiger partial charge in [0.05, 0.1) is 12.8 Å². The third-order valence-electron chi connectivity index (χ3n) is 2.51. The van der Waals surface area contributed by atoms with Crippen LogP contribution in [-0.4, -0.2) is 19.6 Å². The summed E-state index contributed by atoms with van der Waals surface area (Å²) in [6.07, 6.45) is 5.06. The molecule has 17 heavy (non-hydrogen) atoms. The molecule has 1 N–H and O–H groups in total. The lowest BCUT2D eigenvalue weighted by Crippen LogP contribution is -2.06. The van der Waals surface area contributed by atoms with Gasteiger partial charge in [0.25, 0.3) is 0 Å². The summed E-state index contributed by atoms with van der Waals surface area (Å²) < 4.78 is 7.06. The molecule has 0 atom stereocenters. The highest BCUT2D eigenvalue weighted by Crippen LogP contribution is 2.12. The van der Waals surface area contributed by atoms with Crippen molar-refractivity contribution in [2.75, 3.05) is 5.32 Å². The quantitative estimate of drug-likeness (QED) is 0.739. The van der Waals surface area contributed by atoms with E-state index in [2.05, 4.69) is 20.5 Å². The molecule has 3 aromatic heterocycles. The smallest absolute Gasteiger partial charge is 0.210 e. The van der Waals surface area contributed by atoms with Crippen molar-refractivity contribution < 1.29 is 4.42 Å². The fourth-order valence-electron chi connectivity index (χ4n) is 1.65. The summed E-state index contributed by atoms with van der Waals surface area (Å²) in [5.41, 5.74) is 1.80. The van der Waals surface area contributed by atoms with Crippen LogP contribution in [0.3, 0.4) is 0 Å². The molecule has 0 radical (unpaired) electrons. The molecule has 3 rings (SSSR count). The van der Waals surface area contributed by atoms with Crippen molar-refractivity contribution in [1.29, 1.82) is 0 Å². The highest BCUT2D eigenvalue weighted by atomic mass is 16.3. The Kier molecular flexibility index (Phi) is 2.25. The lowest BCUT2D eigenvalue weighted by molar-refractivity contribution is 0.517. The lowest BCUT2D eigenvalue weighted by atomic mass is 10.4. The first kappa shape index (κ1) is 9.83. The Labute approximate surface area is 97.3 Å². The zero-order valence-electron chi connectivity index (χ0n) is 9.29. The molecule has 3 aromatic rings. The van der Waals surface area contributed by atoms with Gasteiger partial charge in [-0.2, -0.15) is 0 Å². The number of furan rings is 1. The number of rotatable bonds is 3. The zero-order valence-corrected chi connectivity index (χ0v) is 9.29. The Morgan fingerprint density at radius 1 is 1.47 bits per heavy atom. The summed E-state index contributed by atoms with van der Waals surface area (Å²) in [7, 11) is 0. The van der Waals surface area contributed by atoms with E-state index in [0.717, 1.165) is 17.0 Å². The SMILES string of the molecule is Cc1cnc(NCc2ccco2)n2cnnc12. The number of aryl methyl sites for hydroxylation is 1. The Morgan fingerprint density at radius 2 is 2.41 bits per heavy atom. The first-order valence-electron chi connectivity index (χ1n) is 5.26. The van der Waals surface area contributed by atoms with E-state index in [4.69, 9.17) is 4.42 Å². The van der Waals surface area contributed by atoms with E-state index >= 15 is 0 Å². The van der Waals surface area contributed by atoms with Gasteiger partial charge in [0, 0.05) is 11.8 Å². The number of hydrogen-bond donors (Lipinski definition) is 1. The fraction of sp³-hybridized carbons (Fsp3) is 0.182. The van der Waals surface area contributed by atoms with Gasteiger partial charge in [0.1, 0.15) is 12.1 Å². The van der Waals surface area contributed by atoms with Gasteiger partial charge in [0.2, 0.25) is 5.95 Å². The minimum absolute atomic E-state index is 0.580. The highest BCUT2D eigenvalue weighted by Gasteiger charge is 2.06. The topological polar surface area (TPSA) is 68.2 Å². The molecule has 86 valence electrons. The molecule has 3 heterocycles. The third kappa shape index (κ3) is 1.73. The molecule has 0 bridgehead atoms. The Bertz CT molecular complexity index is 628. The summed E-state index contributed by atoms with van der Waals surface area (Å²) in [5.74, 6) is 1.56. The molecule has 0 saturated carbocycles. The maximum Gasteiger partial charge on any atom is 0.210 e. The van der Waals surface area contributed by atoms with Gasteiger partial charge in [-0.05, 0) is 19.1 Å². The predicted molar refractivity (Wildman–Crippen MR) is 61.6 cm³/mol. The number of anilines is 1. The zero-order chi connectivity index (χ0) is 11.7. The Balaban J connectivity index is 1.90. The van der Waals surface area contributed by atoms with Crippen LogP contribution in [0.15, 0.2) is 35.3 Å². The van der Waals surface area contributed by atoms with Crippen LogP contribution >= 0.6 is 0 Å². The van der Waals surface area contributed by atoms with Crippen molar-refractivity contribution in [3.63, 3.8) is 0 Å². The maximum atomic E-state index is 5.24. The fourth-order valence-corrected chi connectivity index (χ4v) is 1.65. The van der Waals surface area contributed by atoms with Crippen LogP contribution in [-0.2, 0) is 6.54 Å². The molecule has 0 amide bonds. The van der Waals surface area contributed by atoms with Crippen LogP contribution in [0.2, 0.25) is 0 Å². The second-order valence-corrected chi connectivity index (χ2v) is 3.72. The average Bonchev–Trinajstić information content (AvgIpc) is 2.99. The van der Waals surface area contributed by atoms with Gasteiger partial charge in [-0.3, -0.25) is 4.40 Å². The number of nitrogens with one attached hydrogen (secondary N) is 1. The second kappa shape index (κ2) is 3.89. The van der Waals surface area contributed by atoms with Crippen LogP contribution < -0.4 is 5.32 Å². The van der Waals surface area contributed by atoms with E-state index in [-0.39, 0.29) is 0 Å². The van der Waals surface area contributed by atoms with E-state index in [1.807, 2.05) is 23.5 Å². The second-order valence-electron chi connectivity index (χ2n) is 3.72. The molecule has 0 spiro atoms. The van der Waals surface area contributed by atoms with Crippen molar-refractivity contribution >= 4 is 11.6 Å². The molecular formula is C11H11N5O. The van der Waals surface area contributed by atoms with Gasteiger partial charge in [-0.1, -0.05) is 0 Å². The highest BCUT2D eigenvalue weighted by molar-refractivity contribution is 5.49. The van der Waals surface area contributed by atoms with Gasteiger partial charge >= 0.3 is 0 Å². The largest absolute Gasteiger partial charge is 0.467 e. The van der Waals surface area contributed by atoms with Gasteiger partial charge in [-0.25, -0.2) is 4.98 Å². The van der Waals surface area contributed by atoms with Crippen LogP contribution in [0, 0.1) is 6.92 Å². The molecule has 0 fully saturated rings. The standard InChI is InChI=1S/C11H11N5O/c1-8-5-12-11(16-7-14-15-10(8)16)13-6-9-3-2-4-17-9/h2-5,7H,6H2,1H3,(H,12,13). The molecule has 0 aliphatic heterocycles. The summed E-state index contributed by atoms with van der Waals surface area (Å²) in [6.45, 7) is 2.53. The minimum atomic E-state index is 0.580.